The third-order valence-electron chi connectivity index (χ3n) is 13.0. The van der Waals surface area contributed by atoms with Gasteiger partial charge in [0.15, 0.2) is 0 Å². The molecule has 0 aromatic rings. The number of fused-ring (bicyclic) bond motifs is 5. The molecule has 0 aromatic heterocycles. The summed E-state index contributed by atoms with van der Waals surface area (Å²) < 4.78 is 0. The molecule has 3 fully saturated rings. The Morgan fingerprint density at radius 1 is 1.03 bits per heavy atom. The fourth-order valence-electron chi connectivity index (χ4n) is 9.88. The second-order valence-electron chi connectivity index (χ2n) is 15.1. The standard InChI is InChI=1S/C31H52O4/c1-19(18-22(32)25(34)27(4,5)35)29(7)16-17-30(8)21-10-11-23-26(2,3)24(33)13-14-28(23,6)20(21)12-15-31(29,30)9/h10,19-20,22-23,25,32,34-35H,11-18H2,1-9H3. The Balaban J connectivity index is 1.65. The number of carbonyl (C=O) groups excluding carboxylic acids is 1. The van der Waals surface area contributed by atoms with Gasteiger partial charge in [0.2, 0.25) is 0 Å². The lowest BCUT2D eigenvalue weighted by molar-refractivity contribution is -0.148. The number of ketones is 1. The summed E-state index contributed by atoms with van der Waals surface area (Å²) in [5, 5.41) is 31.6. The van der Waals surface area contributed by atoms with Crippen LogP contribution in [0.3, 0.4) is 0 Å². The van der Waals surface area contributed by atoms with Crippen molar-refractivity contribution in [2.24, 2.45) is 44.8 Å². The Morgan fingerprint density at radius 2 is 1.66 bits per heavy atom. The van der Waals surface area contributed by atoms with Gasteiger partial charge in [0.1, 0.15) is 11.9 Å². The number of aliphatic hydroxyl groups excluding tert-OH is 2. The maximum atomic E-state index is 12.9. The number of Topliss-reactive ketones (excluding diaryl/α,β-unsaturated/α-hetero) is 1. The molecule has 9 unspecified atom stereocenters. The predicted octanol–water partition coefficient (Wildman–Crippen LogP) is 6.07. The molecule has 0 bridgehead atoms. The maximum absolute atomic E-state index is 12.9. The first kappa shape index (κ1) is 27.3. The van der Waals surface area contributed by atoms with Gasteiger partial charge in [-0.15, -0.1) is 0 Å². The van der Waals surface area contributed by atoms with Gasteiger partial charge in [-0.3, -0.25) is 4.79 Å². The van der Waals surface area contributed by atoms with Gasteiger partial charge < -0.3 is 15.3 Å². The van der Waals surface area contributed by atoms with Crippen LogP contribution in [0.2, 0.25) is 0 Å². The van der Waals surface area contributed by atoms with E-state index in [1.165, 1.54) is 6.42 Å². The number of aliphatic hydroxyl groups is 3. The molecular formula is C31H52O4. The smallest absolute Gasteiger partial charge is 0.138 e. The SMILES string of the molecule is CC(CC(O)C(O)C(C)(C)O)C1(C)CCC2(C)C3=CCC4C(C)(C)C(=O)CCC4(C)C3CCC21C. The van der Waals surface area contributed by atoms with Crippen molar-refractivity contribution in [3.63, 3.8) is 0 Å². The normalized spacial score (nSPS) is 45.6. The van der Waals surface area contributed by atoms with E-state index >= 15 is 0 Å². The molecule has 0 aliphatic heterocycles. The minimum Gasteiger partial charge on any atom is -0.390 e. The first-order chi connectivity index (χ1) is 15.9. The number of hydrogen-bond donors (Lipinski definition) is 3. The molecule has 3 saturated carbocycles. The van der Waals surface area contributed by atoms with Gasteiger partial charge in [-0.2, -0.15) is 0 Å². The van der Waals surface area contributed by atoms with E-state index in [1.54, 1.807) is 19.4 Å². The van der Waals surface area contributed by atoms with Crippen molar-refractivity contribution in [3.8, 4) is 0 Å². The lowest BCUT2D eigenvalue weighted by atomic mass is 9.39. The average molecular weight is 489 g/mol. The van der Waals surface area contributed by atoms with E-state index in [2.05, 4.69) is 54.5 Å². The Morgan fingerprint density at radius 3 is 2.26 bits per heavy atom. The van der Waals surface area contributed by atoms with E-state index in [-0.39, 0.29) is 33.0 Å². The monoisotopic (exact) mass is 488 g/mol. The quantitative estimate of drug-likeness (QED) is 0.411. The third kappa shape index (κ3) is 3.59. The van der Waals surface area contributed by atoms with E-state index in [0.717, 1.165) is 32.1 Å². The summed E-state index contributed by atoms with van der Waals surface area (Å²) in [6, 6.07) is 0. The number of hydrogen-bond acceptors (Lipinski definition) is 4. The Bertz CT molecular complexity index is 898. The number of allylic oxidation sites excluding steroid dienone is 2. The summed E-state index contributed by atoms with van der Waals surface area (Å²) in [5.74, 6) is 1.63. The van der Waals surface area contributed by atoms with Crippen molar-refractivity contribution in [1.29, 1.82) is 0 Å². The zero-order valence-corrected chi connectivity index (χ0v) is 23.9. The highest BCUT2D eigenvalue weighted by atomic mass is 16.4. The minimum atomic E-state index is -1.32. The fraction of sp³-hybridized carbons (Fsp3) is 0.903. The van der Waals surface area contributed by atoms with Crippen molar-refractivity contribution in [1.82, 2.24) is 0 Å². The lowest BCUT2D eigenvalue weighted by Gasteiger charge is -2.64. The van der Waals surface area contributed by atoms with Crippen molar-refractivity contribution in [3.05, 3.63) is 11.6 Å². The molecule has 0 aromatic carbocycles. The molecule has 4 heteroatoms. The molecule has 0 spiro atoms. The minimum absolute atomic E-state index is 0.0351. The average Bonchev–Trinajstić information content (AvgIpc) is 2.98. The zero-order valence-electron chi connectivity index (χ0n) is 23.9. The fourth-order valence-corrected chi connectivity index (χ4v) is 9.88. The van der Waals surface area contributed by atoms with E-state index in [0.29, 0.717) is 30.5 Å². The van der Waals surface area contributed by atoms with Crippen LogP contribution >= 0.6 is 0 Å². The molecule has 0 heterocycles. The van der Waals surface area contributed by atoms with E-state index < -0.39 is 17.8 Å². The van der Waals surface area contributed by atoms with Crippen LogP contribution < -0.4 is 0 Å². The van der Waals surface area contributed by atoms with E-state index in [4.69, 9.17) is 0 Å². The maximum Gasteiger partial charge on any atom is 0.138 e. The second kappa shape index (κ2) is 8.14. The van der Waals surface area contributed by atoms with Crippen LogP contribution in [-0.4, -0.2) is 38.9 Å². The Labute approximate surface area is 214 Å². The highest BCUT2D eigenvalue weighted by molar-refractivity contribution is 5.85. The highest BCUT2D eigenvalue weighted by Crippen LogP contribution is 2.76. The summed E-state index contributed by atoms with van der Waals surface area (Å²) in [6.45, 7) is 19.6. The van der Waals surface area contributed by atoms with Gasteiger partial charge in [0, 0.05) is 11.8 Å². The first-order valence-electron chi connectivity index (χ1n) is 14.2. The van der Waals surface area contributed by atoms with Crippen molar-refractivity contribution < 1.29 is 20.1 Å². The molecule has 4 aliphatic rings. The van der Waals surface area contributed by atoms with Crippen molar-refractivity contribution >= 4 is 5.78 Å². The van der Waals surface area contributed by atoms with Crippen LogP contribution in [0.15, 0.2) is 11.6 Å². The molecule has 9 atom stereocenters. The van der Waals surface area contributed by atoms with E-state index in [1.807, 2.05) is 0 Å². The number of carbonyl (C=O) groups is 1. The van der Waals surface area contributed by atoms with Crippen LogP contribution in [0.25, 0.3) is 0 Å². The van der Waals surface area contributed by atoms with Crippen molar-refractivity contribution in [2.75, 3.05) is 0 Å². The van der Waals surface area contributed by atoms with Gasteiger partial charge in [0.05, 0.1) is 11.7 Å². The molecule has 0 saturated heterocycles. The molecule has 4 rings (SSSR count). The number of rotatable bonds is 5. The zero-order chi connectivity index (χ0) is 26.4. The molecule has 0 amide bonds. The van der Waals surface area contributed by atoms with E-state index in [9.17, 15) is 20.1 Å². The second-order valence-corrected chi connectivity index (χ2v) is 15.1. The molecular weight excluding hydrogens is 436 g/mol. The topological polar surface area (TPSA) is 77.8 Å². The molecule has 4 nitrogen and oxygen atoms in total. The Kier molecular flexibility index (Phi) is 6.36. The molecule has 4 aliphatic carbocycles. The molecule has 0 radical (unpaired) electrons. The van der Waals surface area contributed by atoms with Gasteiger partial charge in [0.25, 0.3) is 0 Å². The Hall–Kier alpha value is -0.710. The largest absolute Gasteiger partial charge is 0.390 e. The van der Waals surface area contributed by atoms with Crippen LogP contribution in [0.5, 0.6) is 0 Å². The summed E-state index contributed by atoms with van der Waals surface area (Å²) >= 11 is 0. The van der Waals surface area contributed by atoms with Crippen LogP contribution in [-0.2, 0) is 4.79 Å². The van der Waals surface area contributed by atoms with Crippen LogP contribution in [0, 0.1) is 44.8 Å². The highest BCUT2D eigenvalue weighted by Gasteiger charge is 2.68. The molecule has 3 N–H and O–H groups in total. The lowest BCUT2D eigenvalue weighted by Crippen LogP contribution is -2.58. The molecule has 35 heavy (non-hydrogen) atoms. The summed E-state index contributed by atoms with van der Waals surface area (Å²) in [7, 11) is 0. The summed E-state index contributed by atoms with van der Waals surface area (Å²) in [4.78, 5) is 12.9. The van der Waals surface area contributed by atoms with Gasteiger partial charge in [-0.1, -0.05) is 60.1 Å². The van der Waals surface area contributed by atoms with Gasteiger partial charge in [-0.25, -0.2) is 0 Å². The first-order valence-corrected chi connectivity index (χ1v) is 14.2. The van der Waals surface area contributed by atoms with Gasteiger partial charge >= 0.3 is 0 Å². The summed E-state index contributed by atoms with van der Waals surface area (Å²) in [5.41, 5.74) is 0.523. The summed E-state index contributed by atoms with van der Waals surface area (Å²) in [6.07, 6.45) is 8.29. The van der Waals surface area contributed by atoms with Gasteiger partial charge in [-0.05, 0) is 98.2 Å². The predicted molar refractivity (Wildman–Crippen MR) is 141 cm³/mol. The third-order valence-corrected chi connectivity index (χ3v) is 13.0. The van der Waals surface area contributed by atoms with Crippen molar-refractivity contribution in [2.45, 2.75) is 131 Å². The molecule has 200 valence electrons. The van der Waals surface area contributed by atoms with Crippen LogP contribution in [0.4, 0.5) is 0 Å². The van der Waals surface area contributed by atoms with Crippen LogP contribution in [0.1, 0.15) is 114 Å².